The Morgan fingerprint density at radius 3 is 2.52 bits per heavy atom. The molecule has 0 fully saturated rings. The van der Waals surface area contributed by atoms with Gasteiger partial charge in [0, 0.05) is 43.6 Å². The number of hydrogen-bond donors (Lipinski definition) is 2. The second kappa shape index (κ2) is 9.96. The van der Waals surface area contributed by atoms with Gasteiger partial charge in [-0.15, -0.1) is 0 Å². The number of carbonyl (C=O) groups excluding carboxylic acids is 1. The Hall–Kier alpha value is -2.86. The van der Waals surface area contributed by atoms with E-state index >= 15 is 0 Å². The molecule has 0 bridgehead atoms. The van der Waals surface area contributed by atoms with Crippen molar-refractivity contribution in [2.24, 2.45) is 0 Å². The van der Waals surface area contributed by atoms with Crippen LogP contribution in [0.4, 0.5) is 32.2 Å². The fraction of sp³-hybridized carbons (Fsp3) is 0.350. The summed E-state index contributed by atoms with van der Waals surface area (Å²) in [6, 6.07) is 3.67. The molecule has 3 rings (SSSR count). The number of nitrogens with one attached hydrogen (secondary N) is 2. The number of Topliss-reactive ketones (excluding diaryl/α,β-unsaturated/α-hetero) is 1. The summed E-state index contributed by atoms with van der Waals surface area (Å²) in [5, 5.41) is 5.90. The molecule has 3 heterocycles. The Kier molecular flexibility index (Phi) is 7.48. The largest absolute Gasteiger partial charge is 0.454 e. The topological polar surface area (TPSA) is 71.8 Å². The molecule has 0 saturated carbocycles. The lowest BCUT2D eigenvalue weighted by Crippen LogP contribution is -2.24. The molecule has 0 spiro atoms. The van der Waals surface area contributed by atoms with Crippen LogP contribution in [0.25, 0.3) is 11.0 Å². The number of pyridine rings is 2. The van der Waals surface area contributed by atoms with Crippen molar-refractivity contribution in [2.45, 2.75) is 25.3 Å². The molecule has 0 aliphatic carbocycles. The van der Waals surface area contributed by atoms with Crippen molar-refractivity contribution < 1.29 is 31.1 Å². The van der Waals surface area contributed by atoms with Gasteiger partial charge in [-0.3, -0.25) is 4.79 Å². The number of halogens is 7. The van der Waals surface area contributed by atoms with E-state index < -0.39 is 29.3 Å². The molecule has 0 aliphatic rings. The number of carbonyl (C=O) groups is 1. The molecule has 13 heteroatoms. The van der Waals surface area contributed by atoms with Crippen LogP contribution < -0.4 is 10.6 Å². The van der Waals surface area contributed by atoms with Gasteiger partial charge in [-0.25, -0.2) is 9.97 Å². The molecular weight excluding hydrogens is 476 g/mol. The molecule has 178 valence electrons. The minimum atomic E-state index is -4.98. The van der Waals surface area contributed by atoms with E-state index in [4.69, 9.17) is 11.6 Å². The maximum Gasteiger partial charge on any atom is 0.454 e. The van der Waals surface area contributed by atoms with Crippen LogP contribution in [-0.4, -0.2) is 46.1 Å². The normalized spacial score (nSPS) is 12.3. The van der Waals surface area contributed by atoms with Crippen LogP contribution in [0.1, 0.15) is 22.3 Å². The molecule has 2 N–H and O–H groups in total. The van der Waals surface area contributed by atoms with Crippen LogP contribution in [0, 0.1) is 0 Å². The van der Waals surface area contributed by atoms with E-state index in [2.05, 4.69) is 20.6 Å². The van der Waals surface area contributed by atoms with Gasteiger partial charge in [-0.05, 0) is 31.2 Å². The van der Waals surface area contributed by atoms with E-state index in [9.17, 15) is 31.1 Å². The highest BCUT2D eigenvalue weighted by Gasteiger charge is 2.41. The van der Waals surface area contributed by atoms with Gasteiger partial charge < -0.3 is 15.2 Å². The highest BCUT2D eigenvalue weighted by molar-refractivity contribution is 6.32. The summed E-state index contributed by atoms with van der Waals surface area (Å²) in [6.07, 6.45) is -5.70. The van der Waals surface area contributed by atoms with E-state index in [-0.39, 0.29) is 21.9 Å². The number of nitrogens with zero attached hydrogens (tertiary/aromatic N) is 3. The first kappa shape index (κ1) is 24.8. The van der Waals surface area contributed by atoms with Crippen LogP contribution >= 0.6 is 11.6 Å². The summed E-state index contributed by atoms with van der Waals surface area (Å²) in [4.78, 5) is 19.4. The molecule has 0 atom stereocenters. The number of aryl methyl sites for hydroxylation is 1. The van der Waals surface area contributed by atoms with E-state index in [1.54, 1.807) is 0 Å². The van der Waals surface area contributed by atoms with Gasteiger partial charge in [0.1, 0.15) is 11.5 Å². The minimum absolute atomic E-state index is 0.123. The van der Waals surface area contributed by atoms with Crippen molar-refractivity contribution in [3.63, 3.8) is 0 Å². The van der Waals surface area contributed by atoms with Gasteiger partial charge in [0.25, 0.3) is 5.78 Å². The molecule has 0 saturated heterocycles. The number of aromatic nitrogens is 3. The number of alkyl halides is 6. The molecule has 0 amide bonds. The van der Waals surface area contributed by atoms with E-state index in [1.165, 1.54) is 22.9 Å². The Bertz CT molecular complexity index is 1130. The Labute approximate surface area is 189 Å². The van der Waals surface area contributed by atoms with E-state index in [0.29, 0.717) is 38.8 Å². The zero-order valence-corrected chi connectivity index (χ0v) is 17.7. The van der Waals surface area contributed by atoms with Gasteiger partial charge in [0.15, 0.2) is 0 Å². The third-order valence-corrected chi connectivity index (χ3v) is 4.94. The van der Waals surface area contributed by atoms with E-state index in [1.807, 2.05) is 0 Å². The average Bonchev–Trinajstić information content (AvgIpc) is 3.10. The summed E-state index contributed by atoms with van der Waals surface area (Å²) in [6.45, 7) is 1.58. The molecule has 3 aromatic heterocycles. The average molecular weight is 494 g/mol. The molecule has 0 radical (unpaired) electrons. The van der Waals surface area contributed by atoms with Gasteiger partial charge >= 0.3 is 12.4 Å². The molecule has 0 aromatic carbocycles. The lowest BCUT2D eigenvalue weighted by molar-refractivity contribution is -0.137. The molecule has 0 unspecified atom stereocenters. The Morgan fingerprint density at radius 2 is 1.85 bits per heavy atom. The first-order chi connectivity index (χ1) is 15.5. The SMILES string of the molecule is O=C(c1cn(CCCNCCNc2ncc(C(F)(F)F)cc2Cl)c2ncccc12)C(F)(F)F. The highest BCUT2D eigenvalue weighted by Crippen LogP contribution is 2.32. The standard InChI is InChI=1S/C20H18ClF6N5O/c21-15-9-12(19(22,23)24)10-31-17(15)29-7-6-28-4-2-8-32-11-14(16(33)20(25,26)27)13-3-1-5-30-18(13)32/h1,3,5,9-11,28H,2,4,6-8H2,(H,29,31). The van der Waals surface area contributed by atoms with Gasteiger partial charge in [-0.2, -0.15) is 26.3 Å². The van der Waals surface area contributed by atoms with Crippen LogP contribution in [-0.2, 0) is 12.7 Å². The fourth-order valence-electron chi connectivity index (χ4n) is 3.12. The minimum Gasteiger partial charge on any atom is -0.368 e. The number of anilines is 1. The number of rotatable bonds is 9. The van der Waals surface area contributed by atoms with Crippen LogP contribution in [0.2, 0.25) is 5.02 Å². The number of hydrogen-bond acceptors (Lipinski definition) is 5. The van der Waals surface area contributed by atoms with Gasteiger partial charge in [0.05, 0.1) is 16.1 Å². The maximum atomic E-state index is 12.9. The first-order valence-corrected chi connectivity index (χ1v) is 10.1. The van der Waals surface area contributed by atoms with Crippen molar-refractivity contribution in [2.75, 3.05) is 25.0 Å². The van der Waals surface area contributed by atoms with Crippen molar-refractivity contribution in [3.8, 4) is 0 Å². The summed E-state index contributed by atoms with van der Waals surface area (Å²) >= 11 is 5.82. The summed E-state index contributed by atoms with van der Waals surface area (Å²) in [7, 11) is 0. The predicted octanol–water partition coefficient (Wildman–Crippen LogP) is 4.94. The van der Waals surface area contributed by atoms with Crippen LogP contribution in [0.15, 0.2) is 36.8 Å². The van der Waals surface area contributed by atoms with Crippen molar-refractivity contribution in [1.82, 2.24) is 19.9 Å². The predicted molar refractivity (Wildman–Crippen MR) is 110 cm³/mol. The molecule has 3 aromatic rings. The first-order valence-electron chi connectivity index (χ1n) is 9.71. The zero-order valence-electron chi connectivity index (χ0n) is 16.9. The number of ketones is 1. The van der Waals surface area contributed by atoms with Gasteiger partial charge in [-0.1, -0.05) is 11.6 Å². The summed E-state index contributed by atoms with van der Waals surface area (Å²) < 4.78 is 78.0. The zero-order chi connectivity index (χ0) is 24.2. The maximum absolute atomic E-state index is 12.9. The smallest absolute Gasteiger partial charge is 0.368 e. The molecule has 33 heavy (non-hydrogen) atoms. The Morgan fingerprint density at radius 1 is 1.09 bits per heavy atom. The lowest BCUT2D eigenvalue weighted by atomic mass is 10.1. The van der Waals surface area contributed by atoms with Crippen LogP contribution in [0.3, 0.4) is 0 Å². The molecule has 6 nitrogen and oxygen atoms in total. The third-order valence-electron chi connectivity index (χ3n) is 4.65. The van der Waals surface area contributed by atoms with Crippen molar-refractivity contribution >= 4 is 34.2 Å². The third kappa shape index (κ3) is 6.14. The highest BCUT2D eigenvalue weighted by atomic mass is 35.5. The van der Waals surface area contributed by atoms with Gasteiger partial charge in [0.2, 0.25) is 0 Å². The second-order valence-electron chi connectivity index (χ2n) is 7.02. The summed E-state index contributed by atoms with van der Waals surface area (Å²) in [5.41, 5.74) is -1.10. The lowest BCUT2D eigenvalue weighted by Gasteiger charge is -2.11. The van der Waals surface area contributed by atoms with Crippen molar-refractivity contribution in [1.29, 1.82) is 0 Å². The van der Waals surface area contributed by atoms with Crippen molar-refractivity contribution in [3.05, 3.63) is 52.9 Å². The number of fused-ring (bicyclic) bond motifs is 1. The monoisotopic (exact) mass is 493 g/mol. The quantitative estimate of drug-likeness (QED) is 0.251. The molecular formula is C20H18ClF6N5O. The Balaban J connectivity index is 1.48. The molecule has 0 aliphatic heterocycles. The van der Waals surface area contributed by atoms with E-state index in [0.717, 1.165) is 12.3 Å². The second-order valence-corrected chi connectivity index (χ2v) is 7.43. The fourth-order valence-corrected chi connectivity index (χ4v) is 3.35. The summed E-state index contributed by atoms with van der Waals surface area (Å²) in [5.74, 6) is -1.79. The van der Waals surface area contributed by atoms with Crippen LogP contribution in [0.5, 0.6) is 0 Å².